The second kappa shape index (κ2) is 9.36. The van der Waals surface area contributed by atoms with Crippen LogP contribution in [0.5, 0.6) is 0 Å². The molecule has 1 aliphatic heterocycles. The van der Waals surface area contributed by atoms with Crippen molar-refractivity contribution in [1.29, 1.82) is 0 Å². The highest BCUT2D eigenvalue weighted by atomic mass is 35.5. The van der Waals surface area contributed by atoms with Crippen LogP contribution in [0.3, 0.4) is 0 Å². The summed E-state index contributed by atoms with van der Waals surface area (Å²) < 4.78 is 13.5. The van der Waals surface area contributed by atoms with Crippen molar-refractivity contribution < 1.29 is 9.18 Å². The molecule has 0 spiro atoms. The summed E-state index contributed by atoms with van der Waals surface area (Å²) in [4.78, 5) is 28.0. The number of aryl methyl sites for hydroxylation is 1. The predicted octanol–water partition coefficient (Wildman–Crippen LogP) is 3.02. The van der Waals surface area contributed by atoms with Crippen LogP contribution in [0.2, 0.25) is 5.02 Å². The van der Waals surface area contributed by atoms with Crippen molar-refractivity contribution in [2.45, 2.75) is 32.2 Å². The Bertz CT molecular complexity index is 950. The van der Waals surface area contributed by atoms with E-state index in [1.165, 1.54) is 11.6 Å². The van der Waals surface area contributed by atoms with Crippen LogP contribution >= 0.6 is 11.6 Å². The third-order valence-electron chi connectivity index (χ3n) is 6.13. The third-order valence-corrected chi connectivity index (χ3v) is 6.42. The predicted molar refractivity (Wildman–Crippen MR) is 119 cm³/mol. The van der Waals surface area contributed by atoms with Gasteiger partial charge in [-0.15, -0.1) is 0 Å². The zero-order valence-corrected chi connectivity index (χ0v) is 18.5. The number of urea groups is 1. The maximum absolute atomic E-state index is 13.5. The molecule has 1 fully saturated rings. The van der Waals surface area contributed by atoms with E-state index in [0.717, 1.165) is 43.0 Å². The van der Waals surface area contributed by atoms with Crippen LogP contribution in [-0.2, 0) is 13.0 Å². The molecule has 2 N–H and O–H groups in total. The lowest BCUT2D eigenvalue weighted by Crippen LogP contribution is -2.53. The van der Waals surface area contributed by atoms with Gasteiger partial charge >= 0.3 is 6.03 Å². The zero-order valence-electron chi connectivity index (χ0n) is 17.7. The number of benzene rings is 1. The van der Waals surface area contributed by atoms with Crippen molar-refractivity contribution in [3.05, 3.63) is 52.2 Å². The van der Waals surface area contributed by atoms with Gasteiger partial charge in [0.2, 0.25) is 0 Å². The number of hydrogen-bond acceptors (Lipinski definition) is 5. The Labute approximate surface area is 187 Å². The van der Waals surface area contributed by atoms with E-state index < -0.39 is 5.82 Å². The molecule has 1 aromatic heterocycles. The summed E-state index contributed by atoms with van der Waals surface area (Å²) in [5.41, 5.74) is 8.94. The largest absolute Gasteiger partial charge is 0.353 e. The van der Waals surface area contributed by atoms with Crippen molar-refractivity contribution in [3.63, 3.8) is 0 Å². The molecule has 31 heavy (non-hydrogen) atoms. The number of anilines is 1. The number of piperazine rings is 1. The Kier molecular flexibility index (Phi) is 6.57. The first-order valence-electron chi connectivity index (χ1n) is 10.7. The summed E-state index contributed by atoms with van der Waals surface area (Å²) in [5.74, 6) is 1.01. The topological polar surface area (TPSA) is 78.6 Å². The van der Waals surface area contributed by atoms with Gasteiger partial charge in [-0.1, -0.05) is 24.6 Å². The van der Waals surface area contributed by atoms with Gasteiger partial charge in [-0.05, 0) is 36.5 Å². The van der Waals surface area contributed by atoms with E-state index >= 15 is 0 Å². The van der Waals surface area contributed by atoms with Gasteiger partial charge in [-0.2, -0.15) is 0 Å². The monoisotopic (exact) mass is 446 g/mol. The fourth-order valence-electron chi connectivity index (χ4n) is 4.44. The Morgan fingerprint density at radius 1 is 1.29 bits per heavy atom. The van der Waals surface area contributed by atoms with Crippen LogP contribution in [0.15, 0.2) is 24.5 Å². The molecule has 1 saturated heterocycles. The van der Waals surface area contributed by atoms with Gasteiger partial charge in [0, 0.05) is 57.1 Å². The van der Waals surface area contributed by atoms with E-state index in [4.69, 9.17) is 17.3 Å². The molecule has 9 heteroatoms. The Morgan fingerprint density at radius 3 is 2.77 bits per heavy atom. The minimum absolute atomic E-state index is 0.0536. The maximum Gasteiger partial charge on any atom is 0.320 e. The number of halogens is 2. The molecule has 2 aliphatic rings. The summed E-state index contributed by atoms with van der Waals surface area (Å²) in [5, 5.41) is 0.0536. The Morgan fingerprint density at radius 2 is 2.06 bits per heavy atom. The summed E-state index contributed by atoms with van der Waals surface area (Å²) >= 11 is 5.90. The second-order valence-electron chi connectivity index (χ2n) is 8.21. The first kappa shape index (κ1) is 21.8. The van der Waals surface area contributed by atoms with Gasteiger partial charge < -0.3 is 20.4 Å². The molecule has 1 aromatic carbocycles. The SMILES string of the molecule is C[C@@H]1CCc2ncnc(N3CCN(C(=O)N(CCN)Cc4ccc(F)c(Cl)c4)CC3)c21. The van der Waals surface area contributed by atoms with Crippen LogP contribution in [0, 0.1) is 5.82 Å². The fraction of sp³-hybridized carbons (Fsp3) is 0.500. The number of hydrogen-bond donors (Lipinski definition) is 1. The number of amides is 2. The van der Waals surface area contributed by atoms with E-state index in [1.807, 2.05) is 4.90 Å². The van der Waals surface area contributed by atoms with E-state index in [0.29, 0.717) is 38.6 Å². The van der Waals surface area contributed by atoms with Crippen LogP contribution in [0.25, 0.3) is 0 Å². The number of nitrogens with two attached hydrogens (primary N) is 1. The molecule has 0 bridgehead atoms. The second-order valence-corrected chi connectivity index (χ2v) is 8.62. The molecule has 4 rings (SSSR count). The first-order valence-corrected chi connectivity index (χ1v) is 11.1. The average Bonchev–Trinajstić information content (AvgIpc) is 3.17. The highest BCUT2D eigenvalue weighted by Crippen LogP contribution is 2.37. The van der Waals surface area contributed by atoms with Crippen LogP contribution in [-0.4, -0.2) is 65.1 Å². The zero-order chi connectivity index (χ0) is 22.0. The van der Waals surface area contributed by atoms with Crippen molar-refractivity contribution in [2.75, 3.05) is 44.2 Å². The summed E-state index contributed by atoms with van der Waals surface area (Å²) in [7, 11) is 0. The van der Waals surface area contributed by atoms with Crippen molar-refractivity contribution in [1.82, 2.24) is 19.8 Å². The molecule has 1 aliphatic carbocycles. The molecule has 0 saturated carbocycles. The van der Waals surface area contributed by atoms with E-state index in [1.54, 1.807) is 23.4 Å². The molecule has 7 nitrogen and oxygen atoms in total. The molecule has 2 amide bonds. The number of carbonyl (C=O) groups excluding carboxylic acids is 1. The van der Waals surface area contributed by atoms with Gasteiger partial charge in [0.1, 0.15) is 18.0 Å². The van der Waals surface area contributed by atoms with Crippen molar-refractivity contribution in [3.8, 4) is 0 Å². The van der Waals surface area contributed by atoms with Crippen LogP contribution < -0.4 is 10.6 Å². The highest BCUT2D eigenvalue weighted by Gasteiger charge is 2.30. The molecule has 2 heterocycles. The molecule has 166 valence electrons. The van der Waals surface area contributed by atoms with Gasteiger partial charge in [0.05, 0.1) is 5.02 Å². The summed E-state index contributed by atoms with van der Waals surface area (Å²) in [6, 6.07) is 4.46. The Hall–Kier alpha value is -2.45. The van der Waals surface area contributed by atoms with Gasteiger partial charge in [-0.3, -0.25) is 0 Å². The summed E-state index contributed by atoms with van der Waals surface area (Å²) in [6.07, 6.45) is 3.77. The van der Waals surface area contributed by atoms with E-state index in [-0.39, 0.29) is 11.1 Å². The normalized spacial score (nSPS) is 18.3. The van der Waals surface area contributed by atoms with Gasteiger partial charge in [0.25, 0.3) is 0 Å². The minimum Gasteiger partial charge on any atom is -0.353 e. The lowest BCUT2D eigenvalue weighted by molar-refractivity contribution is 0.148. The number of nitrogens with zero attached hydrogens (tertiary/aromatic N) is 5. The molecule has 0 radical (unpaired) electrons. The van der Waals surface area contributed by atoms with Gasteiger partial charge in [0.15, 0.2) is 0 Å². The number of rotatable bonds is 5. The van der Waals surface area contributed by atoms with Crippen LogP contribution in [0.4, 0.5) is 15.0 Å². The lowest BCUT2D eigenvalue weighted by Gasteiger charge is -2.38. The standard InChI is InChI=1S/C22H28ClFN6O/c1-15-2-5-19-20(15)21(27-14-26-19)28-8-10-29(11-9-28)22(31)30(7-6-25)13-16-3-4-18(24)17(23)12-16/h3-4,12,14-15H,2,5-11,13,25H2,1H3/t15-/m1/s1. The average molecular weight is 447 g/mol. The molecular formula is C22H28ClFN6O. The Balaban J connectivity index is 1.42. The first-order chi connectivity index (χ1) is 15.0. The van der Waals surface area contributed by atoms with Gasteiger partial charge in [-0.25, -0.2) is 19.2 Å². The fourth-order valence-corrected chi connectivity index (χ4v) is 4.64. The number of aromatic nitrogens is 2. The number of carbonyl (C=O) groups is 1. The smallest absolute Gasteiger partial charge is 0.320 e. The highest BCUT2D eigenvalue weighted by molar-refractivity contribution is 6.30. The lowest BCUT2D eigenvalue weighted by atomic mass is 10.1. The minimum atomic E-state index is -0.469. The molecule has 1 atom stereocenters. The van der Waals surface area contributed by atoms with Crippen LogP contribution in [0.1, 0.15) is 36.1 Å². The number of fused-ring (bicyclic) bond motifs is 1. The molecule has 2 aromatic rings. The molecular weight excluding hydrogens is 419 g/mol. The van der Waals surface area contributed by atoms with Crippen molar-refractivity contribution >= 4 is 23.4 Å². The summed E-state index contributed by atoms with van der Waals surface area (Å²) in [6.45, 7) is 6.00. The van der Waals surface area contributed by atoms with E-state index in [2.05, 4.69) is 21.8 Å². The molecule has 0 unspecified atom stereocenters. The maximum atomic E-state index is 13.5. The quantitative estimate of drug-likeness (QED) is 0.763. The van der Waals surface area contributed by atoms with Crippen molar-refractivity contribution in [2.24, 2.45) is 5.73 Å². The third kappa shape index (κ3) is 4.60. The van der Waals surface area contributed by atoms with E-state index in [9.17, 15) is 9.18 Å².